The molecule has 0 fully saturated rings. The molecular weight excluding hydrogens is 556 g/mol. The first kappa shape index (κ1) is 24.8. The molecule has 2 aromatic carbocycles. The molecule has 0 aliphatic heterocycles. The molecule has 2 unspecified atom stereocenters. The van der Waals surface area contributed by atoms with Crippen LogP contribution in [0, 0.1) is 11.6 Å². The summed E-state index contributed by atoms with van der Waals surface area (Å²) in [6.45, 7) is 0. The fourth-order valence-corrected chi connectivity index (χ4v) is 4.24. The Hall–Kier alpha value is -1.49. The van der Waals surface area contributed by atoms with E-state index < -0.39 is 52.7 Å². The summed E-state index contributed by atoms with van der Waals surface area (Å²) in [6.07, 6.45) is -9.73. The van der Waals surface area contributed by atoms with E-state index in [9.17, 15) is 39.9 Å². The fraction of sp³-hybridized carbons (Fsp3) is 0.316. The first-order chi connectivity index (χ1) is 13.8. The smallest absolute Gasteiger partial charge is 0.298 e. The van der Waals surface area contributed by atoms with Gasteiger partial charge in [-0.15, -0.1) is 0 Å². The van der Waals surface area contributed by atoms with Gasteiger partial charge in [0.15, 0.2) is 0 Å². The van der Waals surface area contributed by atoms with Crippen LogP contribution in [0.4, 0.5) is 35.1 Å². The van der Waals surface area contributed by atoms with E-state index >= 15 is 0 Å². The molecule has 0 radical (unpaired) electrons. The van der Waals surface area contributed by atoms with Gasteiger partial charge in [0, 0.05) is 10.7 Å². The van der Waals surface area contributed by atoms with Gasteiger partial charge in [-0.3, -0.25) is 4.79 Å². The van der Waals surface area contributed by atoms with Crippen LogP contribution in [0.15, 0.2) is 36.4 Å². The van der Waals surface area contributed by atoms with Crippen LogP contribution < -0.4 is 0 Å². The third-order valence-electron chi connectivity index (χ3n) is 4.30. The number of Topliss-reactive ketones (excluding diaryl/α,β-unsaturated/α-hetero) is 1. The summed E-state index contributed by atoms with van der Waals surface area (Å²) in [5.41, 5.74) is -3.22. The molecule has 0 bridgehead atoms. The number of rotatable bonds is 6. The van der Waals surface area contributed by atoms with Crippen molar-refractivity contribution in [3.05, 3.63) is 70.3 Å². The van der Waals surface area contributed by atoms with Crippen molar-refractivity contribution in [2.75, 3.05) is 10.7 Å². The zero-order chi connectivity index (χ0) is 22.9. The Labute approximate surface area is 182 Å². The maximum atomic E-state index is 13.8. The van der Waals surface area contributed by atoms with E-state index in [0.717, 1.165) is 12.1 Å². The molecule has 0 heterocycles. The van der Waals surface area contributed by atoms with Crippen molar-refractivity contribution in [1.29, 1.82) is 0 Å². The van der Waals surface area contributed by atoms with Crippen LogP contribution in [0.3, 0.4) is 0 Å². The van der Waals surface area contributed by atoms with Crippen molar-refractivity contribution in [3.63, 3.8) is 0 Å². The van der Waals surface area contributed by atoms with Gasteiger partial charge in [-0.25, -0.2) is 8.78 Å². The third kappa shape index (κ3) is 5.81. The quantitative estimate of drug-likeness (QED) is 0.266. The largest absolute Gasteiger partial charge is 0.416 e. The maximum Gasteiger partial charge on any atom is 0.416 e. The van der Waals surface area contributed by atoms with Crippen molar-refractivity contribution >= 4 is 37.6 Å². The minimum absolute atomic E-state index is 0.225. The lowest BCUT2D eigenvalue weighted by Crippen LogP contribution is -2.24. The molecule has 0 N–H and O–H groups in total. The van der Waals surface area contributed by atoms with E-state index in [1.165, 1.54) is 0 Å². The number of hydrogen-bond acceptors (Lipinski definition) is 1. The van der Waals surface area contributed by atoms with Crippen LogP contribution in [0.25, 0.3) is 0 Å². The molecule has 2 rings (SSSR count). The van der Waals surface area contributed by atoms with E-state index in [2.05, 4.69) is 31.9 Å². The third-order valence-corrected chi connectivity index (χ3v) is 5.59. The number of carbonyl (C=O) groups excluding carboxylic acids is 1. The van der Waals surface area contributed by atoms with E-state index in [-0.39, 0.29) is 33.9 Å². The molecule has 0 aromatic heterocycles. The number of carbonyl (C=O) groups is 1. The van der Waals surface area contributed by atoms with Crippen molar-refractivity contribution in [2.24, 2.45) is 0 Å². The van der Waals surface area contributed by atoms with E-state index in [1.807, 2.05) is 0 Å². The molecule has 2 aromatic rings. The van der Waals surface area contributed by atoms with Gasteiger partial charge in [0.1, 0.15) is 17.4 Å². The average molecular weight is 568 g/mol. The monoisotopic (exact) mass is 566 g/mol. The lowest BCUT2D eigenvalue weighted by atomic mass is 9.84. The Bertz CT molecular complexity index is 850. The van der Waals surface area contributed by atoms with Crippen LogP contribution in [-0.4, -0.2) is 16.4 Å². The summed E-state index contributed by atoms with van der Waals surface area (Å²) >= 11 is 5.98. The zero-order valence-electron chi connectivity index (χ0n) is 14.7. The van der Waals surface area contributed by atoms with Crippen LogP contribution in [-0.2, 0) is 17.1 Å². The van der Waals surface area contributed by atoms with Gasteiger partial charge in [0.2, 0.25) is 0 Å². The molecule has 0 aliphatic carbocycles. The number of ketones is 1. The van der Waals surface area contributed by atoms with Gasteiger partial charge in [-0.05, 0) is 47.5 Å². The molecular formula is C19H12Br2F8O. The molecule has 0 saturated carbocycles. The van der Waals surface area contributed by atoms with Crippen molar-refractivity contribution in [1.82, 2.24) is 0 Å². The number of halogens is 10. The SMILES string of the molecule is O=C(C(CBr)c1cc(F)cc(C(F)(F)F)c1)C(CBr)c1cc(F)cc(C(F)(F)F)c1. The van der Waals surface area contributed by atoms with Crippen LogP contribution in [0.5, 0.6) is 0 Å². The topological polar surface area (TPSA) is 17.1 Å². The second kappa shape index (κ2) is 9.33. The Morgan fingerprint density at radius 3 is 1.30 bits per heavy atom. The second-order valence-electron chi connectivity index (χ2n) is 6.36. The Balaban J connectivity index is 2.51. The highest BCUT2D eigenvalue weighted by Gasteiger charge is 2.36. The van der Waals surface area contributed by atoms with Gasteiger partial charge in [0.25, 0.3) is 0 Å². The molecule has 30 heavy (non-hydrogen) atoms. The predicted octanol–water partition coefficient (Wildman–Crippen LogP) is 7.23. The number of benzene rings is 2. The minimum atomic E-state index is -4.87. The van der Waals surface area contributed by atoms with Gasteiger partial charge in [-0.1, -0.05) is 31.9 Å². The maximum absolute atomic E-state index is 13.8. The Morgan fingerprint density at radius 1 is 0.700 bits per heavy atom. The van der Waals surface area contributed by atoms with Gasteiger partial charge in [0.05, 0.1) is 23.0 Å². The highest BCUT2D eigenvalue weighted by Crippen LogP contribution is 2.37. The molecule has 0 spiro atoms. The summed E-state index contributed by atoms with van der Waals surface area (Å²) in [6, 6.07) is 3.23. The van der Waals surface area contributed by atoms with Crippen molar-refractivity contribution < 1.29 is 39.9 Å². The number of hydrogen-bond donors (Lipinski definition) is 0. The molecule has 0 saturated heterocycles. The molecule has 0 amide bonds. The molecule has 2 atom stereocenters. The first-order valence-electron chi connectivity index (χ1n) is 8.19. The number of alkyl halides is 8. The normalized spacial score (nSPS) is 14.5. The van der Waals surface area contributed by atoms with Crippen LogP contribution in [0.1, 0.15) is 34.1 Å². The molecule has 11 heteroatoms. The molecule has 0 aliphatic rings. The van der Waals surface area contributed by atoms with E-state index in [1.54, 1.807) is 0 Å². The summed E-state index contributed by atoms with van der Waals surface area (Å²) in [4.78, 5) is 13.0. The lowest BCUT2D eigenvalue weighted by molar-refractivity contribution is -0.138. The zero-order valence-corrected chi connectivity index (χ0v) is 17.9. The Morgan fingerprint density at radius 2 is 1.03 bits per heavy atom. The molecule has 1 nitrogen and oxygen atoms in total. The summed E-state index contributed by atoms with van der Waals surface area (Å²) < 4.78 is 105. The summed E-state index contributed by atoms with van der Waals surface area (Å²) in [5, 5.41) is -0.449. The van der Waals surface area contributed by atoms with Crippen molar-refractivity contribution in [2.45, 2.75) is 24.2 Å². The van der Waals surface area contributed by atoms with Crippen molar-refractivity contribution in [3.8, 4) is 0 Å². The summed E-state index contributed by atoms with van der Waals surface area (Å²) in [5.74, 6) is -5.89. The highest BCUT2D eigenvalue weighted by atomic mass is 79.9. The van der Waals surface area contributed by atoms with E-state index in [0.29, 0.717) is 12.1 Å². The standard InChI is InChI=1S/C19H12Br2F8O/c20-7-15(9-1-11(18(24,25)26)5-13(22)3-9)17(30)16(8-21)10-2-12(19(27,28)29)6-14(23)4-10/h1-6,15-16H,7-8H2. The minimum Gasteiger partial charge on any atom is -0.298 e. The van der Waals surface area contributed by atoms with Crippen LogP contribution >= 0.6 is 31.9 Å². The Kier molecular flexibility index (Phi) is 7.71. The van der Waals surface area contributed by atoms with Gasteiger partial charge >= 0.3 is 12.4 Å². The van der Waals surface area contributed by atoms with Gasteiger partial charge in [-0.2, -0.15) is 26.3 Å². The summed E-state index contributed by atoms with van der Waals surface area (Å²) in [7, 11) is 0. The second-order valence-corrected chi connectivity index (χ2v) is 7.65. The fourth-order valence-electron chi connectivity index (χ4n) is 2.86. The molecule has 164 valence electrons. The van der Waals surface area contributed by atoms with Crippen LogP contribution in [0.2, 0.25) is 0 Å². The predicted molar refractivity (Wildman–Crippen MR) is 101 cm³/mol. The van der Waals surface area contributed by atoms with Gasteiger partial charge < -0.3 is 0 Å². The average Bonchev–Trinajstić information content (AvgIpc) is 2.60. The first-order valence-corrected chi connectivity index (χ1v) is 10.4. The highest BCUT2D eigenvalue weighted by molar-refractivity contribution is 9.09. The van der Waals surface area contributed by atoms with E-state index in [4.69, 9.17) is 0 Å². The lowest BCUT2D eigenvalue weighted by Gasteiger charge is -2.22.